The molecule has 0 saturated carbocycles. The van der Waals surface area contributed by atoms with E-state index >= 15 is 0 Å². The summed E-state index contributed by atoms with van der Waals surface area (Å²) in [4.78, 5) is 17.2. The Morgan fingerprint density at radius 3 is 2.58 bits per heavy atom. The lowest BCUT2D eigenvalue weighted by Crippen LogP contribution is -2.44. The van der Waals surface area contributed by atoms with Crippen LogP contribution in [-0.2, 0) is 0 Å². The molecule has 7 heteroatoms. The van der Waals surface area contributed by atoms with Gasteiger partial charge in [0.05, 0.1) is 6.04 Å². The van der Waals surface area contributed by atoms with Gasteiger partial charge in [0.25, 0.3) is 5.91 Å². The third-order valence-corrected chi connectivity index (χ3v) is 6.35. The average molecular weight is 439 g/mol. The van der Waals surface area contributed by atoms with E-state index in [-0.39, 0.29) is 11.9 Å². The fourth-order valence-electron chi connectivity index (χ4n) is 4.08. The largest absolute Gasteiger partial charge is 0.371 e. The van der Waals surface area contributed by atoms with Gasteiger partial charge in [-0.1, -0.05) is 22.8 Å². The molecule has 0 radical (unpaired) electrons. The van der Waals surface area contributed by atoms with Gasteiger partial charge >= 0.3 is 0 Å². The minimum absolute atomic E-state index is 0.166. The second kappa shape index (κ2) is 9.54. The van der Waals surface area contributed by atoms with Gasteiger partial charge in [-0.2, -0.15) is 0 Å². The highest BCUT2D eigenvalue weighted by molar-refractivity contribution is 6.31. The Labute approximate surface area is 187 Å². The van der Waals surface area contributed by atoms with Crippen molar-refractivity contribution >= 4 is 28.9 Å². The van der Waals surface area contributed by atoms with Crippen LogP contribution >= 0.6 is 11.6 Å². The number of rotatable bonds is 6. The number of piperidine rings is 1. The molecule has 162 valence electrons. The van der Waals surface area contributed by atoms with Crippen LogP contribution in [0.25, 0.3) is 0 Å². The zero-order chi connectivity index (χ0) is 21.8. The molecule has 1 atom stereocenters. The lowest BCUT2D eigenvalue weighted by atomic mass is 10.0. The molecule has 3 aromatic rings. The van der Waals surface area contributed by atoms with Crippen molar-refractivity contribution in [2.24, 2.45) is 0 Å². The summed E-state index contributed by atoms with van der Waals surface area (Å²) < 4.78 is 4.99. The van der Waals surface area contributed by atoms with Crippen molar-refractivity contribution < 1.29 is 9.32 Å². The normalized spacial score (nSPS) is 15.8. The summed E-state index contributed by atoms with van der Waals surface area (Å²) in [6, 6.07) is 17.6. The molecule has 6 nitrogen and oxygen atoms in total. The van der Waals surface area contributed by atoms with Crippen LogP contribution < -0.4 is 10.2 Å². The van der Waals surface area contributed by atoms with Gasteiger partial charge in [0.1, 0.15) is 12.0 Å². The van der Waals surface area contributed by atoms with E-state index in [1.54, 1.807) is 30.5 Å². The number of hydrogen-bond acceptors (Lipinski definition) is 5. The Bertz CT molecular complexity index is 999. The Morgan fingerprint density at radius 1 is 1.19 bits per heavy atom. The predicted molar refractivity (Wildman–Crippen MR) is 124 cm³/mol. The van der Waals surface area contributed by atoms with Crippen molar-refractivity contribution in [1.29, 1.82) is 0 Å². The van der Waals surface area contributed by atoms with E-state index in [0.29, 0.717) is 16.6 Å². The summed E-state index contributed by atoms with van der Waals surface area (Å²) in [6.45, 7) is 4.16. The summed E-state index contributed by atoms with van der Waals surface area (Å²) in [5, 5.41) is 7.56. The first kappa shape index (κ1) is 21.4. The molecular weight excluding hydrogens is 412 g/mol. The number of carbonyl (C=O) groups is 1. The zero-order valence-corrected chi connectivity index (χ0v) is 18.5. The highest BCUT2D eigenvalue weighted by Crippen LogP contribution is 2.28. The molecule has 1 amide bonds. The highest BCUT2D eigenvalue weighted by atomic mass is 35.5. The Hall–Kier alpha value is -2.83. The van der Waals surface area contributed by atoms with Gasteiger partial charge in [-0.05, 0) is 69.3 Å². The molecule has 0 spiro atoms. The molecule has 2 aromatic carbocycles. The lowest BCUT2D eigenvalue weighted by molar-refractivity contribution is 0.102. The molecule has 31 heavy (non-hydrogen) atoms. The maximum Gasteiger partial charge on any atom is 0.255 e. The molecule has 0 unspecified atom stereocenters. The van der Waals surface area contributed by atoms with E-state index in [0.717, 1.165) is 37.3 Å². The summed E-state index contributed by atoms with van der Waals surface area (Å²) in [5.74, 6) is -0.166. The summed E-state index contributed by atoms with van der Waals surface area (Å²) in [7, 11) is 2.16. The van der Waals surface area contributed by atoms with E-state index in [4.69, 9.17) is 16.1 Å². The number of carbonyl (C=O) groups excluding carboxylic acids is 1. The topological polar surface area (TPSA) is 61.6 Å². The minimum Gasteiger partial charge on any atom is -0.371 e. The van der Waals surface area contributed by atoms with Gasteiger partial charge in [0.15, 0.2) is 0 Å². The molecule has 1 aliphatic rings. The number of nitrogens with zero attached hydrogens (tertiary/aromatic N) is 3. The standard InChI is InChI=1S/C24H27ClN4O2/c1-17(23-12-15-31-27-23)28(2)21-10-13-29(14-11-21)22-8-6-20(7-9-22)26-24(30)18-4-3-5-19(25)16-18/h3-9,12,15-17,21H,10-11,13-14H2,1-2H3,(H,26,30)/t17-/m1/s1. The summed E-state index contributed by atoms with van der Waals surface area (Å²) in [6.07, 6.45) is 3.81. The molecule has 0 bridgehead atoms. The third-order valence-electron chi connectivity index (χ3n) is 6.11. The molecule has 2 heterocycles. The van der Waals surface area contributed by atoms with Crippen LogP contribution in [0.15, 0.2) is 65.4 Å². The smallest absolute Gasteiger partial charge is 0.255 e. The number of nitrogens with one attached hydrogen (secondary N) is 1. The van der Waals surface area contributed by atoms with E-state index in [2.05, 4.69) is 46.4 Å². The second-order valence-corrected chi connectivity index (χ2v) is 8.43. The number of anilines is 2. The molecule has 1 saturated heterocycles. The number of hydrogen-bond donors (Lipinski definition) is 1. The van der Waals surface area contributed by atoms with Crippen LogP contribution in [0.1, 0.15) is 41.9 Å². The zero-order valence-electron chi connectivity index (χ0n) is 17.8. The van der Waals surface area contributed by atoms with Crippen molar-refractivity contribution in [3.63, 3.8) is 0 Å². The fourth-order valence-corrected chi connectivity index (χ4v) is 4.27. The number of benzene rings is 2. The first-order valence-electron chi connectivity index (χ1n) is 10.6. The number of amides is 1. The number of halogens is 1. The Balaban J connectivity index is 1.31. The van der Waals surface area contributed by atoms with Crippen molar-refractivity contribution in [3.05, 3.63) is 77.1 Å². The van der Waals surface area contributed by atoms with Crippen molar-refractivity contribution in [2.45, 2.75) is 31.8 Å². The molecule has 1 fully saturated rings. The SMILES string of the molecule is C[C@H](c1ccon1)N(C)C1CCN(c2ccc(NC(=O)c3cccc(Cl)c3)cc2)CC1. The monoisotopic (exact) mass is 438 g/mol. The van der Waals surface area contributed by atoms with Crippen LogP contribution in [0.3, 0.4) is 0 Å². The van der Waals surface area contributed by atoms with E-state index in [1.165, 1.54) is 5.69 Å². The van der Waals surface area contributed by atoms with E-state index in [1.807, 2.05) is 18.2 Å². The first-order chi connectivity index (χ1) is 15.0. The molecule has 4 rings (SSSR count). The first-order valence-corrected chi connectivity index (χ1v) is 10.9. The third kappa shape index (κ3) is 5.09. The molecule has 1 aromatic heterocycles. The maximum absolute atomic E-state index is 12.4. The Morgan fingerprint density at radius 2 is 1.94 bits per heavy atom. The van der Waals surface area contributed by atoms with Gasteiger partial charge < -0.3 is 14.7 Å². The minimum atomic E-state index is -0.166. The van der Waals surface area contributed by atoms with Gasteiger partial charge in [-0.3, -0.25) is 9.69 Å². The van der Waals surface area contributed by atoms with Crippen molar-refractivity contribution in [3.8, 4) is 0 Å². The van der Waals surface area contributed by atoms with Gasteiger partial charge in [-0.25, -0.2) is 0 Å². The highest BCUT2D eigenvalue weighted by Gasteiger charge is 2.27. The quantitative estimate of drug-likeness (QED) is 0.570. The number of aromatic nitrogens is 1. The second-order valence-electron chi connectivity index (χ2n) is 8.00. The Kier molecular flexibility index (Phi) is 6.59. The van der Waals surface area contributed by atoms with Crippen LogP contribution in [0.2, 0.25) is 5.02 Å². The van der Waals surface area contributed by atoms with Crippen LogP contribution in [0.4, 0.5) is 11.4 Å². The maximum atomic E-state index is 12.4. The lowest BCUT2D eigenvalue weighted by Gasteiger charge is -2.39. The van der Waals surface area contributed by atoms with Gasteiger partial charge in [0, 0.05) is 47.2 Å². The summed E-state index contributed by atoms with van der Waals surface area (Å²) in [5.41, 5.74) is 3.46. The van der Waals surface area contributed by atoms with Crippen molar-refractivity contribution in [2.75, 3.05) is 30.4 Å². The average Bonchev–Trinajstić information content (AvgIpc) is 3.34. The van der Waals surface area contributed by atoms with Gasteiger partial charge in [-0.15, -0.1) is 0 Å². The van der Waals surface area contributed by atoms with Crippen molar-refractivity contribution in [1.82, 2.24) is 10.1 Å². The molecule has 0 aliphatic carbocycles. The van der Waals surface area contributed by atoms with Gasteiger partial charge in [0.2, 0.25) is 0 Å². The van der Waals surface area contributed by atoms with Crippen LogP contribution in [0, 0.1) is 0 Å². The predicted octanol–water partition coefficient (Wildman–Crippen LogP) is 5.24. The van der Waals surface area contributed by atoms with Crippen LogP contribution in [-0.4, -0.2) is 42.1 Å². The molecule has 1 N–H and O–H groups in total. The molecular formula is C24H27ClN4O2. The molecule has 1 aliphatic heterocycles. The van der Waals surface area contributed by atoms with E-state index < -0.39 is 0 Å². The van der Waals surface area contributed by atoms with E-state index in [9.17, 15) is 4.79 Å². The van der Waals surface area contributed by atoms with Crippen LogP contribution in [0.5, 0.6) is 0 Å². The summed E-state index contributed by atoms with van der Waals surface area (Å²) >= 11 is 5.98. The fraction of sp³-hybridized carbons (Fsp3) is 0.333.